The van der Waals surface area contributed by atoms with Crippen LogP contribution in [0.4, 0.5) is 6.01 Å². The van der Waals surface area contributed by atoms with E-state index in [1.165, 1.54) is 19.3 Å². The van der Waals surface area contributed by atoms with Crippen LogP contribution < -0.4 is 10.6 Å². The molecule has 0 spiro atoms. The van der Waals surface area contributed by atoms with Gasteiger partial charge in [0, 0.05) is 19.6 Å². The van der Waals surface area contributed by atoms with E-state index in [4.69, 9.17) is 10.2 Å². The van der Waals surface area contributed by atoms with Gasteiger partial charge in [-0.25, -0.2) is 0 Å². The van der Waals surface area contributed by atoms with E-state index >= 15 is 0 Å². The Labute approximate surface area is 110 Å². The third kappa shape index (κ3) is 3.05. The SMILES string of the molecule is CC(C)(C)C1CCCN(c2nc(CN)co2)CC1. The lowest BCUT2D eigenvalue weighted by molar-refractivity contribution is 0.220. The summed E-state index contributed by atoms with van der Waals surface area (Å²) >= 11 is 0. The van der Waals surface area contributed by atoms with Gasteiger partial charge in [-0.15, -0.1) is 0 Å². The van der Waals surface area contributed by atoms with Crippen LogP contribution in [0.15, 0.2) is 10.7 Å². The summed E-state index contributed by atoms with van der Waals surface area (Å²) in [6, 6.07) is 0.741. The molecule has 1 atom stereocenters. The van der Waals surface area contributed by atoms with Gasteiger partial charge in [-0.2, -0.15) is 4.98 Å². The van der Waals surface area contributed by atoms with Gasteiger partial charge in [-0.1, -0.05) is 20.8 Å². The van der Waals surface area contributed by atoms with E-state index in [0.717, 1.165) is 30.7 Å². The zero-order valence-electron chi connectivity index (χ0n) is 11.8. The Hall–Kier alpha value is -1.03. The quantitative estimate of drug-likeness (QED) is 0.878. The van der Waals surface area contributed by atoms with Crippen molar-refractivity contribution in [1.29, 1.82) is 0 Å². The van der Waals surface area contributed by atoms with Gasteiger partial charge in [0.1, 0.15) is 6.26 Å². The molecule has 2 heterocycles. The Morgan fingerprint density at radius 3 is 2.78 bits per heavy atom. The molecule has 2 N–H and O–H groups in total. The normalized spacial score (nSPS) is 22.0. The first-order chi connectivity index (χ1) is 8.50. The molecule has 0 amide bonds. The summed E-state index contributed by atoms with van der Waals surface area (Å²) < 4.78 is 5.51. The van der Waals surface area contributed by atoms with Gasteiger partial charge in [0.25, 0.3) is 6.01 Å². The van der Waals surface area contributed by atoms with Crippen LogP contribution in [0.5, 0.6) is 0 Å². The number of hydrogen-bond acceptors (Lipinski definition) is 4. The van der Waals surface area contributed by atoms with Gasteiger partial charge in [0.15, 0.2) is 0 Å². The van der Waals surface area contributed by atoms with Crippen LogP contribution in [-0.2, 0) is 6.54 Å². The van der Waals surface area contributed by atoms with Crippen LogP contribution in [0.3, 0.4) is 0 Å². The van der Waals surface area contributed by atoms with E-state index in [1.807, 2.05) is 0 Å². The molecule has 1 aromatic rings. The Kier molecular flexibility index (Phi) is 3.95. The Bertz CT molecular complexity index is 381. The second-order valence-electron chi connectivity index (χ2n) is 6.31. The van der Waals surface area contributed by atoms with Crippen molar-refractivity contribution < 1.29 is 4.42 Å². The highest BCUT2D eigenvalue weighted by Gasteiger charge is 2.28. The minimum Gasteiger partial charge on any atom is -0.432 e. The molecular weight excluding hydrogens is 226 g/mol. The molecule has 18 heavy (non-hydrogen) atoms. The molecule has 0 radical (unpaired) electrons. The summed E-state index contributed by atoms with van der Waals surface area (Å²) in [6.07, 6.45) is 5.39. The molecule has 1 unspecified atom stereocenters. The largest absolute Gasteiger partial charge is 0.432 e. The third-order valence-corrected chi connectivity index (χ3v) is 3.97. The molecule has 0 saturated carbocycles. The van der Waals surface area contributed by atoms with Crippen LogP contribution in [0.2, 0.25) is 0 Å². The minimum atomic E-state index is 0.398. The average Bonchev–Trinajstić information content (AvgIpc) is 2.64. The molecule has 2 rings (SSSR count). The molecule has 1 fully saturated rings. The predicted molar refractivity (Wildman–Crippen MR) is 73.4 cm³/mol. The number of nitrogens with zero attached hydrogens (tertiary/aromatic N) is 2. The second-order valence-corrected chi connectivity index (χ2v) is 6.31. The highest BCUT2D eigenvalue weighted by Crippen LogP contribution is 2.35. The lowest BCUT2D eigenvalue weighted by Gasteiger charge is -2.29. The Morgan fingerprint density at radius 2 is 2.17 bits per heavy atom. The first-order valence-corrected chi connectivity index (χ1v) is 6.90. The van der Waals surface area contributed by atoms with Gasteiger partial charge < -0.3 is 15.1 Å². The van der Waals surface area contributed by atoms with Crippen molar-refractivity contribution in [3.05, 3.63) is 12.0 Å². The minimum absolute atomic E-state index is 0.398. The van der Waals surface area contributed by atoms with Crippen LogP contribution in [0.25, 0.3) is 0 Å². The number of aromatic nitrogens is 1. The fraction of sp³-hybridized carbons (Fsp3) is 0.786. The zero-order chi connectivity index (χ0) is 13.2. The van der Waals surface area contributed by atoms with Gasteiger partial charge in [0.2, 0.25) is 0 Å². The van der Waals surface area contributed by atoms with Crippen molar-refractivity contribution >= 4 is 6.01 Å². The number of rotatable bonds is 2. The maximum atomic E-state index is 5.56. The standard InChI is InChI=1S/C14H25N3O/c1-14(2,3)11-5-4-7-17(8-6-11)13-16-12(9-15)10-18-13/h10-11H,4-9,15H2,1-3H3. The summed E-state index contributed by atoms with van der Waals surface area (Å²) in [4.78, 5) is 6.67. The molecular formula is C14H25N3O. The topological polar surface area (TPSA) is 55.3 Å². The van der Waals surface area contributed by atoms with Crippen LogP contribution in [-0.4, -0.2) is 18.1 Å². The summed E-state index contributed by atoms with van der Waals surface area (Å²) in [5, 5.41) is 0. The van der Waals surface area contributed by atoms with Crippen LogP contribution in [0.1, 0.15) is 45.7 Å². The van der Waals surface area contributed by atoms with Crippen molar-refractivity contribution in [1.82, 2.24) is 4.98 Å². The van der Waals surface area contributed by atoms with Crippen molar-refractivity contribution in [2.24, 2.45) is 17.1 Å². The van der Waals surface area contributed by atoms with Crippen LogP contribution >= 0.6 is 0 Å². The molecule has 4 heteroatoms. The predicted octanol–water partition coefficient (Wildman–Crippen LogP) is 2.79. The van der Waals surface area contributed by atoms with Crippen molar-refractivity contribution in [3.8, 4) is 0 Å². The Balaban J connectivity index is 2.00. The van der Waals surface area contributed by atoms with Crippen molar-refractivity contribution in [2.75, 3.05) is 18.0 Å². The first kappa shape index (κ1) is 13.4. The molecule has 0 aromatic carbocycles. The van der Waals surface area contributed by atoms with Crippen LogP contribution in [0, 0.1) is 11.3 Å². The average molecular weight is 251 g/mol. The summed E-state index contributed by atoms with van der Waals surface area (Å²) in [6.45, 7) is 9.53. The number of nitrogens with two attached hydrogens (primary N) is 1. The Morgan fingerprint density at radius 1 is 1.39 bits per heavy atom. The molecule has 0 bridgehead atoms. The van der Waals surface area contributed by atoms with E-state index in [9.17, 15) is 0 Å². The highest BCUT2D eigenvalue weighted by molar-refractivity contribution is 5.27. The van der Waals surface area contributed by atoms with E-state index in [0.29, 0.717) is 12.0 Å². The molecule has 1 saturated heterocycles. The first-order valence-electron chi connectivity index (χ1n) is 6.90. The van der Waals surface area contributed by atoms with Crippen molar-refractivity contribution in [2.45, 2.75) is 46.6 Å². The lowest BCUT2D eigenvalue weighted by atomic mass is 9.77. The van der Waals surface area contributed by atoms with Crippen molar-refractivity contribution in [3.63, 3.8) is 0 Å². The van der Waals surface area contributed by atoms with E-state index < -0.39 is 0 Å². The molecule has 1 aliphatic heterocycles. The fourth-order valence-electron chi connectivity index (χ4n) is 2.69. The molecule has 1 aromatic heterocycles. The highest BCUT2D eigenvalue weighted by atomic mass is 16.4. The molecule has 102 valence electrons. The number of hydrogen-bond donors (Lipinski definition) is 1. The zero-order valence-corrected chi connectivity index (χ0v) is 11.8. The van der Waals surface area contributed by atoms with Gasteiger partial charge in [0.05, 0.1) is 5.69 Å². The molecule has 1 aliphatic rings. The monoisotopic (exact) mass is 251 g/mol. The summed E-state index contributed by atoms with van der Waals surface area (Å²) in [5.74, 6) is 0.784. The smallest absolute Gasteiger partial charge is 0.297 e. The lowest BCUT2D eigenvalue weighted by Crippen LogP contribution is -2.26. The third-order valence-electron chi connectivity index (χ3n) is 3.97. The number of anilines is 1. The van der Waals surface area contributed by atoms with Gasteiger partial charge in [-0.05, 0) is 30.6 Å². The van der Waals surface area contributed by atoms with E-state index in [1.54, 1.807) is 6.26 Å². The maximum absolute atomic E-state index is 5.56. The van der Waals surface area contributed by atoms with Gasteiger partial charge in [-0.3, -0.25) is 0 Å². The maximum Gasteiger partial charge on any atom is 0.297 e. The van der Waals surface area contributed by atoms with Gasteiger partial charge >= 0.3 is 0 Å². The summed E-state index contributed by atoms with van der Waals surface area (Å²) in [5.41, 5.74) is 6.79. The molecule has 4 nitrogen and oxygen atoms in total. The summed E-state index contributed by atoms with van der Waals surface area (Å²) in [7, 11) is 0. The van der Waals surface area contributed by atoms with E-state index in [2.05, 4.69) is 30.7 Å². The fourth-order valence-corrected chi connectivity index (χ4v) is 2.69. The van der Waals surface area contributed by atoms with E-state index in [-0.39, 0.29) is 0 Å². The second kappa shape index (κ2) is 5.31. The molecule has 0 aliphatic carbocycles. The number of oxazole rings is 1.